The van der Waals surface area contributed by atoms with Crippen molar-refractivity contribution < 1.29 is 23.1 Å². The Hall–Kier alpha value is -1.35. The van der Waals surface area contributed by atoms with Crippen LogP contribution in [0.5, 0.6) is 0 Å². The number of urea groups is 1. The highest BCUT2D eigenvalue weighted by Gasteiger charge is 2.14. The molecule has 0 aromatic carbocycles. The van der Waals surface area contributed by atoms with Crippen molar-refractivity contribution in [2.45, 2.75) is 13.3 Å². The summed E-state index contributed by atoms with van der Waals surface area (Å²) in [4.78, 5) is 21.7. The monoisotopic (exact) mass is 295 g/mol. The van der Waals surface area contributed by atoms with Crippen molar-refractivity contribution in [2.75, 3.05) is 32.9 Å². The van der Waals surface area contributed by atoms with Gasteiger partial charge in [0.05, 0.1) is 5.75 Å². The number of rotatable bonds is 8. The molecule has 0 rings (SSSR count). The van der Waals surface area contributed by atoms with Crippen LogP contribution in [0.4, 0.5) is 4.79 Å². The van der Waals surface area contributed by atoms with Crippen LogP contribution < -0.4 is 10.6 Å². The zero-order valence-corrected chi connectivity index (χ0v) is 12.2. The average molecular weight is 295 g/mol. The highest BCUT2D eigenvalue weighted by atomic mass is 32.2. The SMILES string of the molecule is CC(CNC(=O)NCCS(=O)(=O)N(C)C)CC(=O)O. The van der Waals surface area contributed by atoms with E-state index in [2.05, 4.69) is 10.6 Å². The number of sulfonamides is 1. The average Bonchev–Trinajstić information content (AvgIpc) is 2.25. The molecule has 3 N–H and O–H groups in total. The molecule has 112 valence electrons. The van der Waals surface area contributed by atoms with Gasteiger partial charge in [0.1, 0.15) is 0 Å². The first-order valence-electron chi connectivity index (χ1n) is 5.79. The number of nitrogens with zero attached hydrogens (tertiary/aromatic N) is 1. The van der Waals surface area contributed by atoms with Crippen LogP contribution in [-0.2, 0) is 14.8 Å². The number of hydrogen-bond donors (Lipinski definition) is 3. The maximum Gasteiger partial charge on any atom is 0.314 e. The van der Waals surface area contributed by atoms with Gasteiger partial charge in [-0.05, 0) is 5.92 Å². The summed E-state index contributed by atoms with van der Waals surface area (Å²) in [5.74, 6) is -1.29. The lowest BCUT2D eigenvalue weighted by Gasteiger charge is -2.13. The van der Waals surface area contributed by atoms with Crippen LogP contribution in [0.25, 0.3) is 0 Å². The van der Waals surface area contributed by atoms with Gasteiger partial charge in [-0.15, -0.1) is 0 Å². The van der Waals surface area contributed by atoms with Gasteiger partial charge in [-0.25, -0.2) is 17.5 Å². The maximum absolute atomic E-state index is 11.4. The molecule has 0 aliphatic carbocycles. The number of hydrogen-bond acceptors (Lipinski definition) is 4. The molecule has 1 unspecified atom stereocenters. The van der Waals surface area contributed by atoms with Gasteiger partial charge in [0.25, 0.3) is 0 Å². The molecule has 8 nitrogen and oxygen atoms in total. The summed E-state index contributed by atoms with van der Waals surface area (Å²) in [5, 5.41) is 13.4. The summed E-state index contributed by atoms with van der Waals surface area (Å²) >= 11 is 0. The molecule has 0 spiro atoms. The molecule has 0 aromatic heterocycles. The van der Waals surface area contributed by atoms with Gasteiger partial charge in [0.2, 0.25) is 10.0 Å². The Bertz CT molecular complexity index is 407. The molecule has 1 atom stereocenters. The maximum atomic E-state index is 11.4. The fourth-order valence-corrected chi connectivity index (χ4v) is 1.90. The Morgan fingerprint density at radius 1 is 1.26 bits per heavy atom. The molecule has 0 fully saturated rings. The lowest BCUT2D eigenvalue weighted by molar-refractivity contribution is -0.137. The number of carbonyl (C=O) groups is 2. The Morgan fingerprint density at radius 2 is 1.84 bits per heavy atom. The van der Waals surface area contributed by atoms with E-state index in [1.54, 1.807) is 6.92 Å². The van der Waals surface area contributed by atoms with Gasteiger partial charge in [-0.3, -0.25) is 4.79 Å². The fourth-order valence-electron chi connectivity index (χ4n) is 1.18. The third-order valence-electron chi connectivity index (χ3n) is 2.34. The van der Waals surface area contributed by atoms with E-state index < -0.39 is 22.0 Å². The van der Waals surface area contributed by atoms with Crippen molar-refractivity contribution >= 4 is 22.0 Å². The van der Waals surface area contributed by atoms with Gasteiger partial charge in [-0.1, -0.05) is 6.92 Å². The Labute approximate surface area is 113 Å². The predicted octanol–water partition coefficient (Wildman–Crippen LogP) is -0.712. The van der Waals surface area contributed by atoms with E-state index in [9.17, 15) is 18.0 Å². The molecule has 0 saturated carbocycles. The highest BCUT2D eigenvalue weighted by molar-refractivity contribution is 7.89. The summed E-state index contributed by atoms with van der Waals surface area (Å²) in [6.45, 7) is 1.92. The highest BCUT2D eigenvalue weighted by Crippen LogP contribution is 1.98. The van der Waals surface area contributed by atoms with E-state index in [0.717, 1.165) is 4.31 Å². The number of carboxylic acids is 1. The first kappa shape index (κ1) is 17.6. The van der Waals surface area contributed by atoms with Crippen LogP contribution in [0.15, 0.2) is 0 Å². The van der Waals surface area contributed by atoms with Crippen LogP contribution in [0.3, 0.4) is 0 Å². The fraction of sp³-hybridized carbons (Fsp3) is 0.800. The van der Waals surface area contributed by atoms with Gasteiger partial charge < -0.3 is 15.7 Å². The molecule has 2 amide bonds. The second-order valence-corrected chi connectivity index (χ2v) is 6.74. The van der Waals surface area contributed by atoms with Crippen LogP contribution in [0.1, 0.15) is 13.3 Å². The molecule has 0 bridgehead atoms. The predicted molar refractivity (Wildman–Crippen MR) is 70.3 cm³/mol. The van der Waals surface area contributed by atoms with Gasteiger partial charge in [0.15, 0.2) is 0 Å². The summed E-state index contributed by atoms with van der Waals surface area (Å²) in [6, 6.07) is -0.508. The van der Waals surface area contributed by atoms with Crippen molar-refractivity contribution in [1.29, 1.82) is 0 Å². The minimum Gasteiger partial charge on any atom is -0.481 e. The summed E-state index contributed by atoms with van der Waals surface area (Å²) in [5.41, 5.74) is 0. The topological polar surface area (TPSA) is 116 Å². The molecule has 0 aliphatic heterocycles. The third kappa shape index (κ3) is 8.38. The van der Waals surface area contributed by atoms with Gasteiger partial charge in [0, 0.05) is 33.6 Å². The zero-order chi connectivity index (χ0) is 15.1. The van der Waals surface area contributed by atoms with Crippen LogP contribution in [0, 0.1) is 5.92 Å². The number of nitrogens with one attached hydrogen (secondary N) is 2. The van der Waals surface area contributed by atoms with E-state index in [4.69, 9.17) is 5.11 Å². The molecule has 9 heteroatoms. The molecule has 19 heavy (non-hydrogen) atoms. The van der Waals surface area contributed by atoms with Crippen LogP contribution in [-0.4, -0.2) is 62.8 Å². The Morgan fingerprint density at radius 3 is 2.32 bits per heavy atom. The van der Waals surface area contributed by atoms with E-state index in [1.807, 2.05) is 0 Å². The lowest BCUT2D eigenvalue weighted by Crippen LogP contribution is -2.41. The quantitative estimate of drug-likeness (QED) is 0.547. The van der Waals surface area contributed by atoms with E-state index in [0.29, 0.717) is 0 Å². The van der Waals surface area contributed by atoms with E-state index >= 15 is 0 Å². The molecular weight excluding hydrogens is 274 g/mol. The third-order valence-corrected chi connectivity index (χ3v) is 4.17. The van der Waals surface area contributed by atoms with Crippen molar-refractivity contribution in [3.8, 4) is 0 Å². The Balaban J connectivity index is 3.86. The van der Waals surface area contributed by atoms with Gasteiger partial charge >= 0.3 is 12.0 Å². The molecule has 0 aliphatic rings. The largest absolute Gasteiger partial charge is 0.481 e. The first-order chi connectivity index (χ1) is 8.65. The zero-order valence-electron chi connectivity index (χ0n) is 11.3. The van der Waals surface area contributed by atoms with E-state index in [1.165, 1.54) is 14.1 Å². The molecule has 0 radical (unpaired) electrons. The molecule has 0 heterocycles. The summed E-state index contributed by atoms with van der Waals surface area (Å²) in [7, 11) is -0.489. The molecule has 0 aromatic rings. The number of aliphatic carboxylic acids is 1. The number of carboxylic acid groups (broad SMARTS) is 1. The lowest BCUT2D eigenvalue weighted by atomic mass is 10.1. The van der Waals surface area contributed by atoms with Crippen molar-refractivity contribution in [3.63, 3.8) is 0 Å². The van der Waals surface area contributed by atoms with Crippen molar-refractivity contribution in [2.24, 2.45) is 5.92 Å². The second-order valence-electron chi connectivity index (χ2n) is 4.44. The number of carbonyl (C=O) groups excluding carboxylic acids is 1. The van der Waals surface area contributed by atoms with Crippen LogP contribution in [0.2, 0.25) is 0 Å². The standard InChI is InChI=1S/C10H21N3O5S/c1-8(6-9(14)15)7-12-10(16)11-4-5-19(17,18)13(2)3/h8H,4-7H2,1-3H3,(H,14,15)(H2,11,12,16). The number of amides is 2. The molecule has 0 saturated heterocycles. The minimum atomic E-state index is -3.33. The normalized spacial score (nSPS) is 13.1. The Kier molecular flexibility index (Phi) is 7.38. The summed E-state index contributed by atoms with van der Waals surface area (Å²) < 4.78 is 23.9. The summed E-state index contributed by atoms with van der Waals surface area (Å²) in [6.07, 6.45) is -0.0325. The minimum absolute atomic E-state index is 0.000339. The molecular formula is C10H21N3O5S. The van der Waals surface area contributed by atoms with E-state index in [-0.39, 0.29) is 31.2 Å². The first-order valence-corrected chi connectivity index (χ1v) is 7.39. The second kappa shape index (κ2) is 7.95. The van der Waals surface area contributed by atoms with Crippen molar-refractivity contribution in [3.05, 3.63) is 0 Å². The van der Waals surface area contributed by atoms with Crippen molar-refractivity contribution in [1.82, 2.24) is 14.9 Å². The smallest absolute Gasteiger partial charge is 0.314 e. The van der Waals surface area contributed by atoms with Crippen LogP contribution >= 0.6 is 0 Å². The van der Waals surface area contributed by atoms with Gasteiger partial charge in [-0.2, -0.15) is 0 Å².